The highest BCUT2D eigenvalue weighted by Gasteiger charge is 2.22. The molecule has 1 aromatic heterocycles. The fourth-order valence-electron chi connectivity index (χ4n) is 2.19. The first-order valence-electron chi connectivity index (χ1n) is 5.04. The molecule has 0 bridgehead atoms. The largest absolute Gasteiger partial charge is 0.319 e. The minimum atomic E-state index is 0.660. The van der Waals surface area contributed by atoms with E-state index in [1.807, 2.05) is 0 Å². The van der Waals surface area contributed by atoms with Gasteiger partial charge in [-0.2, -0.15) is 0 Å². The van der Waals surface area contributed by atoms with Gasteiger partial charge in [0.25, 0.3) is 0 Å². The maximum Gasteiger partial charge on any atom is 0.128 e. The normalized spacial score (nSPS) is 18.3. The molecule has 0 unspecified atom stereocenters. The zero-order valence-corrected chi connectivity index (χ0v) is 8.72. The molecule has 1 fully saturated rings. The Morgan fingerprint density at radius 3 is 2.85 bits per heavy atom. The Morgan fingerprint density at radius 2 is 2.23 bits per heavy atom. The van der Waals surface area contributed by atoms with Crippen LogP contribution in [0.3, 0.4) is 0 Å². The van der Waals surface area contributed by atoms with Gasteiger partial charge >= 0.3 is 0 Å². The highest BCUT2D eigenvalue weighted by atomic mass is 35.5. The Kier molecular flexibility index (Phi) is 2.58. The van der Waals surface area contributed by atoms with Crippen LogP contribution in [0, 0.1) is 0 Å². The van der Waals surface area contributed by atoms with Gasteiger partial charge in [-0.05, 0) is 19.8 Å². The van der Waals surface area contributed by atoms with Crippen molar-refractivity contribution < 1.29 is 0 Å². The first-order chi connectivity index (χ1) is 6.33. The zero-order chi connectivity index (χ0) is 9.26. The van der Waals surface area contributed by atoms with Crippen molar-refractivity contribution in [2.75, 3.05) is 0 Å². The quantitative estimate of drug-likeness (QED) is 0.714. The lowest BCUT2D eigenvalue weighted by molar-refractivity contribution is 0.600. The first kappa shape index (κ1) is 9.07. The molecule has 1 aliphatic rings. The van der Waals surface area contributed by atoms with E-state index in [0.717, 1.165) is 11.7 Å². The predicted octanol–water partition coefficient (Wildman–Crippen LogP) is 3.21. The number of nitrogens with zero attached hydrogens (tertiary/aromatic N) is 2. The minimum Gasteiger partial charge on any atom is -0.319 e. The highest BCUT2D eigenvalue weighted by molar-refractivity contribution is 6.29. The molecular formula is C10H15ClN2. The van der Waals surface area contributed by atoms with Gasteiger partial charge in [-0.25, -0.2) is 4.98 Å². The van der Waals surface area contributed by atoms with E-state index in [1.165, 1.54) is 31.5 Å². The summed E-state index contributed by atoms with van der Waals surface area (Å²) in [5.41, 5.74) is 0. The molecule has 0 radical (unpaired) electrons. The van der Waals surface area contributed by atoms with Gasteiger partial charge in [0.15, 0.2) is 0 Å². The van der Waals surface area contributed by atoms with Crippen molar-refractivity contribution in [1.82, 2.24) is 9.55 Å². The smallest absolute Gasteiger partial charge is 0.128 e. The number of hydrogen-bond donors (Lipinski definition) is 0. The van der Waals surface area contributed by atoms with E-state index in [4.69, 9.17) is 11.6 Å². The molecule has 0 N–H and O–H groups in total. The molecule has 2 rings (SSSR count). The summed E-state index contributed by atoms with van der Waals surface area (Å²) in [6, 6.07) is 0. The second-order valence-electron chi connectivity index (χ2n) is 3.66. The molecule has 1 saturated carbocycles. The minimum absolute atomic E-state index is 0.660. The van der Waals surface area contributed by atoms with Crippen LogP contribution >= 0.6 is 11.6 Å². The number of hydrogen-bond acceptors (Lipinski definition) is 1. The Hall–Kier alpha value is -0.500. The van der Waals surface area contributed by atoms with Gasteiger partial charge in [-0.1, -0.05) is 24.4 Å². The molecule has 0 atom stereocenters. The molecule has 1 aromatic rings. The lowest BCUT2D eigenvalue weighted by atomic mass is 10.1. The average Bonchev–Trinajstić information content (AvgIpc) is 2.71. The van der Waals surface area contributed by atoms with Crippen LogP contribution in [0.4, 0.5) is 0 Å². The molecule has 13 heavy (non-hydrogen) atoms. The van der Waals surface area contributed by atoms with Gasteiger partial charge in [-0.15, -0.1) is 0 Å². The molecule has 1 heterocycles. The molecule has 72 valence electrons. The van der Waals surface area contributed by atoms with Crippen molar-refractivity contribution in [3.05, 3.63) is 17.2 Å². The molecule has 0 aromatic carbocycles. The summed E-state index contributed by atoms with van der Waals surface area (Å²) in [7, 11) is 0. The molecule has 0 saturated heterocycles. The summed E-state index contributed by atoms with van der Waals surface area (Å²) in [6.45, 7) is 3.05. The Morgan fingerprint density at radius 1 is 1.54 bits per heavy atom. The van der Waals surface area contributed by atoms with Crippen LogP contribution in [-0.4, -0.2) is 9.55 Å². The maximum absolute atomic E-state index is 6.02. The Balaban J connectivity index is 2.27. The van der Waals surface area contributed by atoms with Crippen molar-refractivity contribution in [3.8, 4) is 0 Å². The average molecular weight is 199 g/mol. The van der Waals surface area contributed by atoms with Crippen LogP contribution in [0.15, 0.2) is 6.20 Å². The van der Waals surface area contributed by atoms with Crippen LogP contribution in [0.5, 0.6) is 0 Å². The monoisotopic (exact) mass is 198 g/mol. The van der Waals surface area contributed by atoms with Crippen LogP contribution in [0.25, 0.3) is 0 Å². The van der Waals surface area contributed by atoms with Crippen LogP contribution in [0.2, 0.25) is 5.15 Å². The van der Waals surface area contributed by atoms with Gasteiger partial charge in [0.05, 0.1) is 6.20 Å². The van der Waals surface area contributed by atoms with E-state index in [0.29, 0.717) is 5.92 Å². The molecule has 1 aliphatic carbocycles. The third-order valence-corrected chi connectivity index (χ3v) is 3.18. The van der Waals surface area contributed by atoms with Crippen molar-refractivity contribution in [2.45, 2.75) is 45.1 Å². The molecule has 3 heteroatoms. The lowest BCUT2D eigenvalue weighted by Crippen LogP contribution is -2.05. The standard InChI is InChI=1S/C10H15ClN2/c1-2-13-9(11)7-12-10(13)8-5-3-4-6-8/h7-8H,2-6H2,1H3. The van der Waals surface area contributed by atoms with Crippen LogP contribution in [0.1, 0.15) is 44.3 Å². The van der Waals surface area contributed by atoms with E-state index < -0.39 is 0 Å². The molecule has 0 aliphatic heterocycles. The number of rotatable bonds is 2. The third-order valence-electron chi connectivity index (χ3n) is 2.87. The fourth-order valence-corrected chi connectivity index (χ4v) is 2.45. The van der Waals surface area contributed by atoms with Crippen molar-refractivity contribution in [3.63, 3.8) is 0 Å². The van der Waals surface area contributed by atoms with Crippen molar-refractivity contribution in [1.29, 1.82) is 0 Å². The summed E-state index contributed by atoms with van der Waals surface area (Å²) in [5, 5.41) is 0.782. The predicted molar refractivity (Wildman–Crippen MR) is 54.1 cm³/mol. The molecular weight excluding hydrogens is 184 g/mol. The van der Waals surface area contributed by atoms with E-state index in [-0.39, 0.29) is 0 Å². The fraction of sp³-hybridized carbons (Fsp3) is 0.700. The van der Waals surface area contributed by atoms with E-state index >= 15 is 0 Å². The molecule has 2 nitrogen and oxygen atoms in total. The lowest BCUT2D eigenvalue weighted by Gasteiger charge is -2.11. The molecule has 0 amide bonds. The summed E-state index contributed by atoms with van der Waals surface area (Å²) in [4.78, 5) is 4.40. The Labute approximate surface area is 83.9 Å². The van der Waals surface area contributed by atoms with Crippen LogP contribution in [-0.2, 0) is 6.54 Å². The number of imidazole rings is 1. The third kappa shape index (κ3) is 1.60. The van der Waals surface area contributed by atoms with Crippen molar-refractivity contribution >= 4 is 11.6 Å². The maximum atomic E-state index is 6.02. The van der Waals surface area contributed by atoms with Gasteiger partial charge < -0.3 is 4.57 Å². The summed E-state index contributed by atoms with van der Waals surface area (Å²) >= 11 is 6.02. The van der Waals surface area contributed by atoms with Gasteiger partial charge in [0, 0.05) is 12.5 Å². The summed E-state index contributed by atoms with van der Waals surface area (Å²) in [6.07, 6.45) is 7.04. The first-order valence-corrected chi connectivity index (χ1v) is 5.41. The summed E-state index contributed by atoms with van der Waals surface area (Å²) in [5.74, 6) is 1.86. The topological polar surface area (TPSA) is 17.8 Å². The zero-order valence-electron chi connectivity index (χ0n) is 7.96. The van der Waals surface area contributed by atoms with Crippen molar-refractivity contribution in [2.24, 2.45) is 0 Å². The van der Waals surface area contributed by atoms with Gasteiger partial charge in [0.1, 0.15) is 11.0 Å². The van der Waals surface area contributed by atoms with E-state index in [2.05, 4.69) is 16.5 Å². The Bertz CT molecular complexity index is 287. The SMILES string of the molecule is CCn1c(Cl)cnc1C1CCCC1. The molecule has 0 spiro atoms. The number of aromatic nitrogens is 2. The highest BCUT2D eigenvalue weighted by Crippen LogP contribution is 2.34. The van der Waals surface area contributed by atoms with E-state index in [9.17, 15) is 0 Å². The number of halogens is 1. The van der Waals surface area contributed by atoms with Gasteiger partial charge in [0.2, 0.25) is 0 Å². The van der Waals surface area contributed by atoms with E-state index in [1.54, 1.807) is 6.20 Å². The second kappa shape index (κ2) is 3.70. The second-order valence-corrected chi connectivity index (χ2v) is 4.05. The van der Waals surface area contributed by atoms with Gasteiger partial charge in [-0.3, -0.25) is 0 Å². The van der Waals surface area contributed by atoms with Crippen LogP contribution < -0.4 is 0 Å². The summed E-state index contributed by atoms with van der Waals surface area (Å²) < 4.78 is 2.12.